The molecular formula is C34H31N. The van der Waals surface area contributed by atoms with E-state index in [2.05, 4.69) is 135 Å². The van der Waals surface area contributed by atoms with Gasteiger partial charge in [0, 0.05) is 11.1 Å². The lowest BCUT2D eigenvalue weighted by Crippen LogP contribution is -2.30. The number of nitrogens with zero attached hydrogens (tertiary/aromatic N) is 1. The number of anilines is 3. The average Bonchev–Trinajstić information content (AvgIpc) is 2.90. The van der Waals surface area contributed by atoms with Crippen molar-refractivity contribution in [3.05, 3.63) is 131 Å². The van der Waals surface area contributed by atoms with E-state index in [0.717, 1.165) is 12.8 Å². The van der Waals surface area contributed by atoms with Gasteiger partial charge in [-0.3, -0.25) is 0 Å². The van der Waals surface area contributed by atoms with Gasteiger partial charge in [-0.25, -0.2) is 0 Å². The molecule has 6 rings (SSSR count). The van der Waals surface area contributed by atoms with Gasteiger partial charge in [-0.05, 0) is 83.5 Å². The molecule has 35 heavy (non-hydrogen) atoms. The third-order valence-corrected chi connectivity index (χ3v) is 7.54. The molecule has 0 amide bonds. The predicted octanol–water partition coefficient (Wildman–Crippen LogP) is 9.50. The van der Waals surface area contributed by atoms with Crippen LogP contribution in [0.5, 0.6) is 0 Å². The molecule has 0 spiro atoms. The second-order valence-corrected chi connectivity index (χ2v) is 10.3. The lowest BCUT2D eigenvalue weighted by Gasteiger charge is -2.42. The molecule has 1 nitrogen and oxygen atoms in total. The van der Waals surface area contributed by atoms with E-state index in [9.17, 15) is 0 Å². The first-order valence-electron chi connectivity index (χ1n) is 12.6. The highest BCUT2D eigenvalue weighted by Crippen LogP contribution is 2.52. The van der Waals surface area contributed by atoms with Crippen molar-refractivity contribution < 1.29 is 0 Å². The maximum atomic E-state index is 2.44. The van der Waals surface area contributed by atoms with E-state index in [1.807, 2.05) is 0 Å². The zero-order chi connectivity index (χ0) is 24.0. The number of allylic oxidation sites excluding steroid dienone is 4. The molecule has 0 saturated heterocycles. The first-order chi connectivity index (χ1) is 17.0. The summed E-state index contributed by atoms with van der Waals surface area (Å²) in [5, 5.41) is 0. The van der Waals surface area contributed by atoms with Gasteiger partial charge in [0.2, 0.25) is 0 Å². The average molecular weight is 454 g/mol. The standard InChI is InChI=1S/C34H31N/c1-24-14-20-32-30(22-24)34(2,3)31-23-28(26-12-8-5-9-13-26)17-21-33(31)35(32)29-18-15-27(16-19-29)25-10-6-4-7-11-25/h5-6,8-23H,4,7H2,1-3H3. The molecule has 1 heterocycles. The summed E-state index contributed by atoms with van der Waals surface area (Å²) < 4.78 is 0. The molecule has 0 bridgehead atoms. The molecule has 0 saturated carbocycles. The summed E-state index contributed by atoms with van der Waals surface area (Å²) in [5.41, 5.74) is 12.8. The van der Waals surface area contributed by atoms with Crippen molar-refractivity contribution >= 4 is 22.6 Å². The Morgan fingerprint density at radius 3 is 2.06 bits per heavy atom. The highest BCUT2D eigenvalue weighted by Gasteiger charge is 2.37. The van der Waals surface area contributed by atoms with Crippen LogP contribution in [0.1, 0.15) is 48.9 Å². The van der Waals surface area contributed by atoms with E-state index in [-0.39, 0.29) is 5.41 Å². The fourth-order valence-electron chi connectivity index (χ4n) is 5.57. The molecule has 1 aliphatic heterocycles. The third kappa shape index (κ3) is 3.72. The summed E-state index contributed by atoms with van der Waals surface area (Å²) in [6, 6.07) is 33.6. The van der Waals surface area contributed by atoms with Gasteiger partial charge in [0.1, 0.15) is 0 Å². The number of aryl methyl sites for hydroxylation is 1. The van der Waals surface area contributed by atoms with Crippen LogP contribution in [0.3, 0.4) is 0 Å². The SMILES string of the molecule is Cc1ccc2c(c1)C(C)(C)c1cc(-c3ccccc3)ccc1N2c1ccc(C2=CCCC=C2)cc1. The Morgan fingerprint density at radius 2 is 1.34 bits per heavy atom. The molecule has 172 valence electrons. The number of rotatable bonds is 3. The van der Waals surface area contributed by atoms with Crippen LogP contribution in [0.15, 0.2) is 109 Å². The van der Waals surface area contributed by atoms with E-state index in [4.69, 9.17) is 0 Å². The van der Waals surface area contributed by atoms with E-state index in [1.54, 1.807) is 0 Å². The Morgan fingerprint density at radius 1 is 0.657 bits per heavy atom. The van der Waals surface area contributed by atoms with E-state index in [1.165, 1.54) is 56.0 Å². The maximum Gasteiger partial charge on any atom is 0.0503 e. The van der Waals surface area contributed by atoms with Gasteiger partial charge in [0.15, 0.2) is 0 Å². The molecule has 4 aromatic rings. The first-order valence-corrected chi connectivity index (χ1v) is 12.6. The van der Waals surface area contributed by atoms with Crippen molar-refractivity contribution in [3.8, 4) is 11.1 Å². The van der Waals surface area contributed by atoms with Crippen LogP contribution in [-0.4, -0.2) is 0 Å². The summed E-state index contributed by atoms with van der Waals surface area (Å²) in [4.78, 5) is 2.44. The smallest absolute Gasteiger partial charge is 0.0503 e. The van der Waals surface area contributed by atoms with Crippen molar-refractivity contribution in [2.75, 3.05) is 4.90 Å². The van der Waals surface area contributed by atoms with Crippen molar-refractivity contribution in [2.24, 2.45) is 0 Å². The minimum Gasteiger partial charge on any atom is -0.310 e. The summed E-state index contributed by atoms with van der Waals surface area (Å²) in [5.74, 6) is 0. The van der Waals surface area contributed by atoms with Gasteiger partial charge in [-0.2, -0.15) is 0 Å². The molecule has 0 radical (unpaired) electrons. The van der Waals surface area contributed by atoms with Crippen LogP contribution >= 0.6 is 0 Å². The van der Waals surface area contributed by atoms with Crippen LogP contribution in [0, 0.1) is 6.92 Å². The lowest BCUT2D eigenvalue weighted by atomic mass is 9.72. The zero-order valence-corrected chi connectivity index (χ0v) is 20.8. The van der Waals surface area contributed by atoms with E-state index < -0.39 is 0 Å². The summed E-state index contributed by atoms with van der Waals surface area (Å²) in [7, 11) is 0. The fraction of sp³-hybridized carbons (Fsp3) is 0.176. The number of hydrogen-bond donors (Lipinski definition) is 0. The molecule has 2 aliphatic rings. The minimum atomic E-state index is -0.102. The molecule has 0 atom stereocenters. The van der Waals surface area contributed by atoms with Crippen molar-refractivity contribution in [1.82, 2.24) is 0 Å². The Hall–Kier alpha value is -3.84. The van der Waals surface area contributed by atoms with Crippen molar-refractivity contribution in [1.29, 1.82) is 0 Å². The molecule has 1 aliphatic carbocycles. The molecule has 0 fully saturated rings. The maximum absolute atomic E-state index is 2.44. The molecule has 0 aromatic heterocycles. The van der Waals surface area contributed by atoms with Crippen LogP contribution in [0.2, 0.25) is 0 Å². The Balaban J connectivity index is 1.51. The Bertz CT molecular complexity index is 1450. The third-order valence-electron chi connectivity index (χ3n) is 7.54. The minimum absolute atomic E-state index is 0.102. The van der Waals surface area contributed by atoms with Gasteiger partial charge in [-0.1, -0.05) is 98.3 Å². The van der Waals surface area contributed by atoms with Gasteiger partial charge < -0.3 is 4.90 Å². The number of hydrogen-bond acceptors (Lipinski definition) is 1. The molecular weight excluding hydrogens is 422 g/mol. The second-order valence-electron chi connectivity index (χ2n) is 10.3. The quantitative estimate of drug-likeness (QED) is 0.298. The van der Waals surface area contributed by atoms with Crippen LogP contribution < -0.4 is 4.90 Å². The Kier molecular flexibility index (Phi) is 5.22. The van der Waals surface area contributed by atoms with Gasteiger partial charge in [0.05, 0.1) is 11.4 Å². The van der Waals surface area contributed by atoms with Gasteiger partial charge in [0.25, 0.3) is 0 Å². The largest absolute Gasteiger partial charge is 0.310 e. The normalized spacial score (nSPS) is 15.9. The molecule has 0 N–H and O–H groups in total. The molecule has 0 unspecified atom stereocenters. The van der Waals surface area contributed by atoms with E-state index >= 15 is 0 Å². The Labute approximate surface area is 209 Å². The topological polar surface area (TPSA) is 3.24 Å². The van der Waals surface area contributed by atoms with Crippen molar-refractivity contribution in [3.63, 3.8) is 0 Å². The molecule has 1 heteroatoms. The van der Waals surface area contributed by atoms with Crippen LogP contribution in [0.4, 0.5) is 17.1 Å². The van der Waals surface area contributed by atoms with Crippen LogP contribution in [0.25, 0.3) is 16.7 Å². The first kappa shape index (κ1) is 21.7. The highest BCUT2D eigenvalue weighted by molar-refractivity contribution is 5.88. The summed E-state index contributed by atoms with van der Waals surface area (Å²) in [6.07, 6.45) is 9.13. The summed E-state index contributed by atoms with van der Waals surface area (Å²) in [6.45, 7) is 6.92. The predicted molar refractivity (Wildman–Crippen MR) is 150 cm³/mol. The monoisotopic (exact) mass is 453 g/mol. The van der Waals surface area contributed by atoms with Crippen molar-refractivity contribution in [2.45, 2.75) is 39.0 Å². The fourth-order valence-corrected chi connectivity index (χ4v) is 5.57. The second kappa shape index (κ2) is 8.43. The zero-order valence-electron chi connectivity index (χ0n) is 20.8. The van der Waals surface area contributed by atoms with Gasteiger partial charge >= 0.3 is 0 Å². The number of benzene rings is 4. The molecule has 4 aromatic carbocycles. The number of fused-ring (bicyclic) bond motifs is 2. The van der Waals surface area contributed by atoms with E-state index in [0.29, 0.717) is 0 Å². The summed E-state index contributed by atoms with van der Waals surface area (Å²) >= 11 is 0. The van der Waals surface area contributed by atoms with Crippen LogP contribution in [-0.2, 0) is 5.41 Å². The lowest BCUT2D eigenvalue weighted by molar-refractivity contribution is 0.631. The van der Waals surface area contributed by atoms with Gasteiger partial charge in [-0.15, -0.1) is 0 Å². The highest BCUT2D eigenvalue weighted by atomic mass is 15.2.